The molecule has 1 unspecified atom stereocenters. The molecule has 0 radical (unpaired) electrons. The van der Waals surface area contributed by atoms with Gasteiger partial charge in [0.15, 0.2) is 0 Å². The van der Waals surface area contributed by atoms with Gasteiger partial charge in [0.2, 0.25) is 0 Å². The molecule has 0 spiro atoms. The Morgan fingerprint density at radius 2 is 2.20 bits per heavy atom. The van der Waals surface area contributed by atoms with Gasteiger partial charge in [0.25, 0.3) is 10.2 Å². The average molecular weight is 234 g/mol. The second kappa shape index (κ2) is 4.63. The maximum Gasteiger partial charge on any atom is 0.337 e. The van der Waals surface area contributed by atoms with Crippen LogP contribution in [0.15, 0.2) is 11.8 Å². The Kier molecular flexibility index (Phi) is 3.70. The Morgan fingerprint density at radius 1 is 1.53 bits per heavy atom. The van der Waals surface area contributed by atoms with Gasteiger partial charge in [0.05, 0.1) is 18.2 Å². The lowest BCUT2D eigenvalue weighted by atomic mass is 10.1. The predicted octanol–water partition coefficient (Wildman–Crippen LogP) is -0.350. The number of hydrogen-bond donors (Lipinski definition) is 2. The minimum Gasteiger partial charge on any atom is -0.463 e. The number of carbonyl (C=O) groups excluding carboxylic acids is 1. The summed E-state index contributed by atoms with van der Waals surface area (Å²) in [6.07, 6.45) is 1.67. The number of esters is 1. The van der Waals surface area contributed by atoms with Crippen LogP contribution in [0.5, 0.6) is 0 Å². The van der Waals surface area contributed by atoms with E-state index in [2.05, 4.69) is 9.44 Å². The number of ether oxygens (including phenoxy) is 1. The first-order valence-corrected chi connectivity index (χ1v) is 6.15. The second-order valence-electron chi connectivity index (χ2n) is 3.02. The van der Waals surface area contributed by atoms with Crippen LogP contribution in [0.2, 0.25) is 0 Å². The van der Waals surface area contributed by atoms with Crippen molar-refractivity contribution < 1.29 is 17.9 Å². The summed E-state index contributed by atoms with van der Waals surface area (Å²) in [7, 11) is -3.51. The van der Waals surface area contributed by atoms with Crippen molar-refractivity contribution in [1.29, 1.82) is 0 Å². The third kappa shape index (κ3) is 2.93. The number of nitrogens with one attached hydrogen (secondary N) is 2. The second-order valence-corrected chi connectivity index (χ2v) is 4.50. The van der Waals surface area contributed by atoms with Gasteiger partial charge in [-0.3, -0.25) is 4.72 Å². The van der Waals surface area contributed by atoms with Crippen LogP contribution in [0.4, 0.5) is 0 Å². The Balaban J connectivity index is 2.88. The molecule has 1 heterocycles. The highest BCUT2D eigenvalue weighted by atomic mass is 32.2. The van der Waals surface area contributed by atoms with Gasteiger partial charge in [0, 0.05) is 6.20 Å². The fourth-order valence-corrected chi connectivity index (χ4v) is 2.26. The highest BCUT2D eigenvalue weighted by Gasteiger charge is 2.29. The summed E-state index contributed by atoms with van der Waals surface area (Å²) in [4.78, 5) is 11.4. The zero-order valence-electron chi connectivity index (χ0n) is 8.61. The van der Waals surface area contributed by atoms with Crippen LogP contribution < -0.4 is 9.44 Å². The van der Waals surface area contributed by atoms with Crippen molar-refractivity contribution >= 4 is 16.2 Å². The van der Waals surface area contributed by atoms with E-state index >= 15 is 0 Å². The highest BCUT2D eigenvalue weighted by molar-refractivity contribution is 7.87. The van der Waals surface area contributed by atoms with Crippen molar-refractivity contribution in [2.45, 2.75) is 26.3 Å². The third-order valence-electron chi connectivity index (χ3n) is 1.96. The summed E-state index contributed by atoms with van der Waals surface area (Å²) in [6.45, 7) is 3.74. The molecule has 1 rings (SSSR count). The summed E-state index contributed by atoms with van der Waals surface area (Å²) < 4.78 is 31.5. The molecular weight excluding hydrogens is 220 g/mol. The monoisotopic (exact) mass is 234 g/mol. The molecule has 0 fully saturated rings. The predicted molar refractivity (Wildman–Crippen MR) is 54.0 cm³/mol. The molecule has 1 aliphatic rings. The summed E-state index contributed by atoms with van der Waals surface area (Å²) in [5.41, 5.74) is 0.300. The van der Waals surface area contributed by atoms with Gasteiger partial charge in [-0.05, 0) is 13.3 Å². The van der Waals surface area contributed by atoms with Crippen molar-refractivity contribution in [3.8, 4) is 0 Å². The molecule has 0 amide bonds. The van der Waals surface area contributed by atoms with E-state index < -0.39 is 22.2 Å². The normalized spacial score (nSPS) is 23.9. The Labute approximate surface area is 88.9 Å². The quantitative estimate of drug-likeness (QED) is 0.654. The molecule has 6 nitrogen and oxygen atoms in total. The Bertz CT molecular complexity index is 374. The summed E-state index contributed by atoms with van der Waals surface area (Å²) in [6, 6.07) is -0.518. The lowest BCUT2D eigenvalue weighted by Gasteiger charge is -2.23. The van der Waals surface area contributed by atoms with E-state index in [0.717, 1.165) is 0 Å². The summed E-state index contributed by atoms with van der Waals surface area (Å²) >= 11 is 0. The SMILES string of the molecule is CCOC(=O)C1=CNS(=O)(=O)NC1CC. The van der Waals surface area contributed by atoms with Crippen LogP contribution in [-0.2, 0) is 19.7 Å². The minimum atomic E-state index is -3.51. The van der Waals surface area contributed by atoms with Gasteiger partial charge in [-0.2, -0.15) is 13.1 Å². The first kappa shape index (κ1) is 12.0. The van der Waals surface area contributed by atoms with E-state index in [9.17, 15) is 13.2 Å². The van der Waals surface area contributed by atoms with Crippen molar-refractivity contribution in [1.82, 2.24) is 9.44 Å². The highest BCUT2D eigenvalue weighted by Crippen LogP contribution is 2.12. The fraction of sp³-hybridized carbons (Fsp3) is 0.625. The van der Waals surface area contributed by atoms with Crippen molar-refractivity contribution in [3.05, 3.63) is 11.8 Å². The zero-order valence-corrected chi connectivity index (χ0v) is 9.43. The first-order chi connectivity index (χ1) is 7.00. The van der Waals surface area contributed by atoms with Crippen LogP contribution in [0, 0.1) is 0 Å². The van der Waals surface area contributed by atoms with Gasteiger partial charge < -0.3 is 4.74 Å². The number of carbonyl (C=O) groups is 1. The van der Waals surface area contributed by atoms with E-state index in [1.807, 2.05) is 0 Å². The Hall–Kier alpha value is -1.08. The van der Waals surface area contributed by atoms with E-state index in [1.165, 1.54) is 6.20 Å². The smallest absolute Gasteiger partial charge is 0.337 e. The van der Waals surface area contributed by atoms with E-state index in [0.29, 0.717) is 12.0 Å². The van der Waals surface area contributed by atoms with E-state index in [4.69, 9.17) is 4.74 Å². The largest absolute Gasteiger partial charge is 0.463 e. The van der Waals surface area contributed by atoms with Gasteiger partial charge in [-0.25, -0.2) is 4.79 Å². The van der Waals surface area contributed by atoms with Crippen LogP contribution in [0.3, 0.4) is 0 Å². The van der Waals surface area contributed by atoms with Crippen molar-refractivity contribution in [3.63, 3.8) is 0 Å². The molecule has 1 atom stereocenters. The lowest BCUT2D eigenvalue weighted by Crippen LogP contribution is -2.47. The summed E-state index contributed by atoms with van der Waals surface area (Å²) in [5, 5.41) is 0. The van der Waals surface area contributed by atoms with Crippen LogP contribution in [0.1, 0.15) is 20.3 Å². The molecule has 2 N–H and O–H groups in total. The molecule has 7 heteroatoms. The molecule has 0 bridgehead atoms. The zero-order chi connectivity index (χ0) is 11.5. The third-order valence-corrected chi connectivity index (χ3v) is 2.98. The Morgan fingerprint density at radius 3 is 2.73 bits per heavy atom. The van der Waals surface area contributed by atoms with Gasteiger partial charge in [0.1, 0.15) is 0 Å². The molecule has 0 saturated carbocycles. The molecule has 0 saturated heterocycles. The van der Waals surface area contributed by atoms with Gasteiger partial charge in [-0.1, -0.05) is 6.92 Å². The minimum absolute atomic E-state index is 0.263. The first-order valence-electron chi connectivity index (χ1n) is 4.67. The molecule has 0 aliphatic carbocycles. The molecule has 0 aromatic heterocycles. The standard InChI is InChI=1S/C8H14N2O4S/c1-3-7-6(8(11)14-4-2)5-9-15(12,13)10-7/h5,7,9-10H,3-4H2,1-2H3. The maximum atomic E-state index is 11.4. The summed E-state index contributed by atoms with van der Waals surface area (Å²) in [5.74, 6) is -0.501. The van der Waals surface area contributed by atoms with E-state index in [1.54, 1.807) is 13.8 Å². The molecule has 0 aromatic carbocycles. The average Bonchev–Trinajstić information content (AvgIpc) is 2.16. The number of hydrogen-bond acceptors (Lipinski definition) is 4. The van der Waals surface area contributed by atoms with Crippen LogP contribution in [0.25, 0.3) is 0 Å². The molecular formula is C8H14N2O4S. The molecule has 1 aliphatic heterocycles. The van der Waals surface area contributed by atoms with E-state index in [-0.39, 0.29) is 6.61 Å². The van der Waals surface area contributed by atoms with Crippen molar-refractivity contribution in [2.75, 3.05) is 6.61 Å². The lowest BCUT2D eigenvalue weighted by molar-refractivity contribution is -0.138. The van der Waals surface area contributed by atoms with Crippen LogP contribution >= 0.6 is 0 Å². The topological polar surface area (TPSA) is 84.5 Å². The molecule has 86 valence electrons. The van der Waals surface area contributed by atoms with Crippen LogP contribution in [-0.4, -0.2) is 27.0 Å². The van der Waals surface area contributed by atoms with Gasteiger partial charge >= 0.3 is 5.97 Å². The maximum absolute atomic E-state index is 11.4. The van der Waals surface area contributed by atoms with Crippen molar-refractivity contribution in [2.24, 2.45) is 0 Å². The fourth-order valence-electron chi connectivity index (χ4n) is 1.25. The molecule has 15 heavy (non-hydrogen) atoms. The van der Waals surface area contributed by atoms with Gasteiger partial charge in [-0.15, -0.1) is 0 Å². The number of rotatable bonds is 3. The molecule has 0 aromatic rings.